The van der Waals surface area contributed by atoms with Crippen LogP contribution in [0.1, 0.15) is 20.1 Å². The van der Waals surface area contributed by atoms with Crippen LogP contribution in [0.5, 0.6) is 0 Å². The number of hydrogen-bond donors (Lipinski definition) is 1. The van der Waals surface area contributed by atoms with E-state index in [0.717, 1.165) is 11.0 Å². The molecule has 6 nitrogen and oxygen atoms in total. The van der Waals surface area contributed by atoms with Crippen LogP contribution in [-0.4, -0.2) is 38.8 Å². The predicted molar refractivity (Wildman–Crippen MR) is 88.1 cm³/mol. The molecule has 2 aromatic heterocycles. The van der Waals surface area contributed by atoms with Gasteiger partial charge in [0.25, 0.3) is 0 Å². The van der Waals surface area contributed by atoms with Gasteiger partial charge in [-0.1, -0.05) is 0 Å². The van der Waals surface area contributed by atoms with Crippen molar-refractivity contribution < 1.29 is 28.1 Å². The van der Waals surface area contributed by atoms with Gasteiger partial charge in [0.2, 0.25) is 0 Å². The molecule has 0 saturated carbocycles. The Balaban J connectivity index is 1.95. The Bertz CT molecular complexity index is 753. The van der Waals surface area contributed by atoms with Crippen LogP contribution in [0, 0.1) is 5.92 Å². The van der Waals surface area contributed by atoms with E-state index in [1.54, 1.807) is 0 Å². The molecule has 2 aromatic rings. The second kappa shape index (κ2) is 6.49. The summed E-state index contributed by atoms with van der Waals surface area (Å²) in [6.07, 6.45) is 3.01. The molecule has 23 heavy (non-hydrogen) atoms. The van der Waals surface area contributed by atoms with Crippen molar-refractivity contribution in [2.75, 3.05) is 19.0 Å². The molecule has 5 atom stereocenters. The minimum atomic E-state index is -0.559. The average molecular weight is 526 g/mol. The number of anilines is 1. The molecule has 1 aliphatic heterocycles. The van der Waals surface area contributed by atoms with Crippen LogP contribution in [-0.2, 0) is 28.1 Å². The van der Waals surface area contributed by atoms with Crippen LogP contribution >= 0.6 is 17.4 Å². The minimum absolute atomic E-state index is 0.0385. The van der Waals surface area contributed by atoms with Gasteiger partial charge >= 0.3 is 151 Å². The van der Waals surface area contributed by atoms with Crippen molar-refractivity contribution in [3.8, 4) is 0 Å². The molecule has 0 bridgehead atoms. The van der Waals surface area contributed by atoms with Crippen molar-refractivity contribution in [3.63, 3.8) is 0 Å². The van der Waals surface area contributed by atoms with E-state index in [-0.39, 0.29) is 24.0 Å². The van der Waals surface area contributed by atoms with E-state index >= 15 is 0 Å². The normalized spacial score (nSPS) is 31.7. The molecule has 0 spiro atoms. The number of alkyl halides is 1. The number of fused-ring (bicyclic) bond motifs is 1. The first-order valence-electron chi connectivity index (χ1n) is 7.27. The van der Waals surface area contributed by atoms with Crippen LogP contribution in [0.15, 0.2) is 18.6 Å². The van der Waals surface area contributed by atoms with E-state index in [4.69, 9.17) is 26.6 Å². The number of nitrogen functional groups attached to an aromatic ring is 1. The van der Waals surface area contributed by atoms with E-state index in [9.17, 15) is 0 Å². The first-order chi connectivity index (χ1) is 10.8. The Morgan fingerprint density at radius 3 is 3.00 bits per heavy atom. The van der Waals surface area contributed by atoms with Gasteiger partial charge in [-0.2, -0.15) is 0 Å². The molecule has 1 saturated heterocycles. The fourth-order valence-electron chi connectivity index (χ4n) is 2.88. The molecular weight excluding hydrogens is 506 g/mol. The van der Waals surface area contributed by atoms with Gasteiger partial charge in [0.15, 0.2) is 0 Å². The SMILES string of the molecule is C[C@@H]1[C@@H](CO[P+](C)=[W])O[C@@H](n2ccc3c(N)ncnc32)[C@]1(C)Cl. The third kappa shape index (κ3) is 3.12. The number of hydrogen-bond acceptors (Lipinski definition) is 5. The Labute approximate surface area is 151 Å². The van der Waals surface area contributed by atoms with E-state index < -0.39 is 4.87 Å². The van der Waals surface area contributed by atoms with Gasteiger partial charge in [0, 0.05) is 0 Å². The second-order valence-electron chi connectivity index (χ2n) is 5.92. The summed E-state index contributed by atoms with van der Waals surface area (Å²) in [7, 11) is 0. The maximum atomic E-state index is 6.86. The van der Waals surface area contributed by atoms with Gasteiger partial charge in [0.05, 0.1) is 0 Å². The summed E-state index contributed by atoms with van der Waals surface area (Å²) in [5.41, 5.74) is 6.65. The van der Waals surface area contributed by atoms with Gasteiger partial charge in [-0.25, -0.2) is 0 Å². The number of aromatic nitrogens is 3. The number of ether oxygens (including phenoxy) is 1. The van der Waals surface area contributed by atoms with Gasteiger partial charge in [-0.3, -0.25) is 0 Å². The first-order valence-corrected chi connectivity index (χ1v) is 13.2. The van der Waals surface area contributed by atoms with Crippen LogP contribution in [0.25, 0.3) is 11.0 Å². The number of rotatable bonds is 4. The summed E-state index contributed by atoms with van der Waals surface area (Å²) in [6, 6.07) is 1.90. The third-order valence-electron chi connectivity index (χ3n) is 4.45. The summed E-state index contributed by atoms with van der Waals surface area (Å²) in [4.78, 5) is 7.81. The monoisotopic (exact) mass is 525 g/mol. The van der Waals surface area contributed by atoms with Gasteiger partial charge in [-0.05, 0) is 0 Å². The Morgan fingerprint density at radius 1 is 1.57 bits per heavy atom. The zero-order chi connectivity index (χ0) is 16.8. The Morgan fingerprint density at radius 2 is 2.30 bits per heavy atom. The molecule has 0 radical (unpaired) electrons. The molecule has 3 heterocycles. The Hall–Kier alpha value is -0.382. The molecule has 0 aliphatic carbocycles. The molecule has 1 aliphatic rings. The summed E-state index contributed by atoms with van der Waals surface area (Å²) in [5.74, 6) is 0.267. The van der Waals surface area contributed by atoms with Crippen molar-refractivity contribution >= 4 is 34.2 Å². The molecule has 0 amide bonds. The topological polar surface area (TPSA) is 75.2 Å². The third-order valence-corrected chi connectivity index (χ3v) is 6.63. The zero-order valence-electron chi connectivity index (χ0n) is 13.1. The predicted octanol–water partition coefficient (Wildman–Crippen LogP) is 3.05. The van der Waals surface area contributed by atoms with Crippen molar-refractivity contribution in [1.29, 1.82) is 0 Å². The van der Waals surface area contributed by atoms with Crippen LogP contribution < -0.4 is 5.73 Å². The Kier molecular flexibility index (Phi) is 4.92. The molecule has 1 fully saturated rings. The molecule has 0 aromatic carbocycles. The van der Waals surface area contributed by atoms with Gasteiger partial charge in [-0.15, -0.1) is 0 Å². The number of nitrogens with zero attached hydrogens (tertiary/aromatic N) is 3. The zero-order valence-corrected chi connectivity index (χ0v) is 17.7. The molecule has 2 N–H and O–H groups in total. The summed E-state index contributed by atoms with van der Waals surface area (Å²) in [6.45, 7) is 6.80. The van der Waals surface area contributed by atoms with Crippen LogP contribution in [0.3, 0.4) is 0 Å². The van der Waals surface area contributed by atoms with E-state index in [0.29, 0.717) is 12.4 Å². The standard InChI is InChI=1S/C14H19ClN4O2P.W/c1-8-10(6-20-22-3)21-13(14(8,2)15)19-5-4-9-11(16)17-7-18-12(9)19;/h4-5,7-8,10,13H,6H2,1-3H3,(H2,16,17,18);/q-1;+2/t8-,10-,13-,14-;/m1./s1. The quantitative estimate of drug-likeness (QED) is 0.491. The van der Waals surface area contributed by atoms with Crippen molar-refractivity contribution in [1.82, 2.24) is 14.5 Å². The fraction of sp³-hybridized carbons (Fsp3) is 0.571. The van der Waals surface area contributed by atoms with Gasteiger partial charge in [0.1, 0.15) is 0 Å². The van der Waals surface area contributed by atoms with Crippen molar-refractivity contribution in [3.05, 3.63) is 18.6 Å². The molecular formula is C14H19ClN4O2PW+. The van der Waals surface area contributed by atoms with Crippen molar-refractivity contribution in [2.24, 2.45) is 5.92 Å². The van der Waals surface area contributed by atoms with Gasteiger partial charge < -0.3 is 0 Å². The molecule has 1 unspecified atom stereocenters. The molecule has 124 valence electrons. The van der Waals surface area contributed by atoms with Crippen LogP contribution in [0.2, 0.25) is 0 Å². The first kappa shape index (κ1) is 17.4. The maximum absolute atomic E-state index is 6.86. The van der Waals surface area contributed by atoms with Crippen LogP contribution in [0.4, 0.5) is 5.82 Å². The molecule has 3 rings (SSSR count). The number of halogens is 1. The molecule has 9 heteroatoms. The van der Waals surface area contributed by atoms with E-state index in [1.165, 1.54) is 25.1 Å². The number of nitrogens with two attached hydrogens (primary N) is 1. The average Bonchev–Trinajstić information content (AvgIpc) is 2.99. The summed E-state index contributed by atoms with van der Waals surface area (Å²) < 4.78 is 14.0. The summed E-state index contributed by atoms with van der Waals surface area (Å²) >= 11 is 8.33. The van der Waals surface area contributed by atoms with Crippen molar-refractivity contribution in [2.45, 2.75) is 31.1 Å². The fourth-order valence-corrected chi connectivity index (χ4v) is 4.19. The van der Waals surface area contributed by atoms with E-state index in [1.807, 2.05) is 23.8 Å². The summed E-state index contributed by atoms with van der Waals surface area (Å²) in [5, 5.41) is 0.810. The second-order valence-corrected chi connectivity index (χ2v) is 13.4. The van der Waals surface area contributed by atoms with E-state index in [2.05, 4.69) is 23.6 Å².